The van der Waals surface area contributed by atoms with Gasteiger partial charge < -0.3 is 0 Å². The van der Waals surface area contributed by atoms with Crippen molar-refractivity contribution < 1.29 is 0 Å². The fraction of sp³-hybridized carbons (Fsp3) is 0. The van der Waals surface area contributed by atoms with E-state index in [1.54, 1.807) is 0 Å². The highest BCUT2D eigenvalue weighted by atomic mass is 32.2. The molecule has 0 N–H and O–H groups in total. The van der Waals surface area contributed by atoms with Crippen LogP contribution in [0.1, 0.15) is 5.56 Å². The molecule has 0 bridgehead atoms. The molecule has 0 fully saturated rings. The normalized spacial score (nSPS) is 10.8. The Morgan fingerprint density at radius 2 is 1.19 bits per heavy atom. The summed E-state index contributed by atoms with van der Waals surface area (Å²) >= 11 is 0. The Kier molecular flexibility index (Phi) is 2.73. The molecule has 0 radical (unpaired) electrons. The van der Waals surface area contributed by atoms with Crippen molar-refractivity contribution in [1.82, 2.24) is 0 Å². The number of hydrogen-bond acceptors (Lipinski definition) is 1. The summed E-state index contributed by atoms with van der Waals surface area (Å²) < 4.78 is 2.76. The van der Waals surface area contributed by atoms with Gasteiger partial charge in [0.15, 0.2) is 14.3 Å². The lowest BCUT2D eigenvalue weighted by atomic mass is 10.2. The van der Waals surface area contributed by atoms with Gasteiger partial charge in [-0.05, 0) is 48.5 Å². The smallest absolute Gasteiger partial charge is 0.187 e. The quantitative estimate of drug-likeness (QED) is 0.418. The number of thiophene rings is 1. The Balaban J connectivity index is 2.12. The monoisotopic (exact) mass is 286 g/mol. The molecule has 0 amide bonds. The summed E-state index contributed by atoms with van der Waals surface area (Å²) in [6.45, 7) is 0. The average molecular weight is 286 g/mol. The van der Waals surface area contributed by atoms with Crippen LogP contribution in [0.3, 0.4) is 0 Å². The summed E-state index contributed by atoms with van der Waals surface area (Å²) in [4.78, 5) is 1.27. The van der Waals surface area contributed by atoms with Crippen LogP contribution in [-0.2, 0) is 0 Å². The van der Waals surface area contributed by atoms with Gasteiger partial charge >= 0.3 is 0 Å². The number of benzene rings is 3. The maximum absolute atomic E-state index is 8.96. The molecule has 0 aliphatic rings. The molecule has 1 aromatic heterocycles. The molecule has 0 spiro atoms. The lowest BCUT2D eigenvalue weighted by Gasteiger charge is -1.93. The van der Waals surface area contributed by atoms with Crippen LogP contribution in [-0.4, -0.2) is 0 Å². The Labute approximate surface area is 125 Å². The molecule has 0 aliphatic heterocycles. The predicted octanol–water partition coefficient (Wildman–Crippen LogP) is 5.60. The van der Waals surface area contributed by atoms with E-state index in [9.17, 15) is 0 Å². The molecule has 98 valence electrons. The first-order chi connectivity index (χ1) is 10.4. The second-order valence-corrected chi connectivity index (χ2v) is 6.90. The topological polar surface area (TPSA) is 23.8 Å². The maximum atomic E-state index is 8.96. The minimum Gasteiger partial charge on any atom is -0.192 e. The van der Waals surface area contributed by atoms with E-state index in [2.05, 4.69) is 66.7 Å². The highest BCUT2D eigenvalue weighted by molar-refractivity contribution is 7.50. The van der Waals surface area contributed by atoms with E-state index in [1.165, 1.54) is 25.1 Å². The number of rotatable bonds is 1. The van der Waals surface area contributed by atoms with Crippen LogP contribution in [0.5, 0.6) is 0 Å². The third-order valence-corrected chi connectivity index (χ3v) is 6.06. The van der Waals surface area contributed by atoms with Crippen LogP contribution in [0.4, 0.5) is 0 Å². The van der Waals surface area contributed by atoms with E-state index in [0.29, 0.717) is 5.56 Å². The summed E-state index contributed by atoms with van der Waals surface area (Å²) in [6.07, 6.45) is 0. The van der Waals surface area contributed by atoms with Gasteiger partial charge in [-0.2, -0.15) is 5.26 Å². The molecule has 2 heteroatoms. The molecule has 0 unspecified atom stereocenters. The van der Waals surface area contributed by atoms with Crippen molar-refractivity contribution in [2.24, 2.45) is 0 Å². The van der Waals surface area contributed by atoms with E-state index >= 15 is 0 Å². The molecule has 4 aromatic rings. The van der Waals surface area contributed by atoms with Gasteiger partial charge in [-0.25, -0.2) is 0 Å². The van der Waals surface area contributed by atoms with Gasteiger partial charge in [0.1, 0.15) is 0 Å². The molecular weight excluding hydrogens is 274 g/mol. The third kappa shape index (κ3) is 1.83. The summed E-state index contributed by atoms with van der Waals surface area (Å²) in [6, 6.07) is 27.4. The first kappa shape index (κ1) is 12.1. The van der Waals surface area contributed by atoms with Gasteiger partial charge in [0.25, 0.3) is 0 Å². The number of nitriles is 1. The number of fused-ring (bicyclic) bond motifs is 3. The van der Waals surface area contributed by atoms with Gasteiger partial charge in [-0.3, -0.25) is 0 Å². The Hall–Kier alpha value is -2.63. The zero-order chi connectivity index (χ0) is 14.2. The first-order valence-electron chi connectivity index (χ1n) is 6.81. The highest BCUT2D eigenvalue weighted by Crippen LogP contribution is 2.47. The van der Waals surface area contributed by atoms with Crippen molar-refractivity contribution in [3.05, 3.63) is 78.4 Å². The summed E-state index contributed by atoms with van der Waals surface area (Å²) in [5, 5.41) is 11.6. The van der Waals surface area contributed by atoms with Crippen molar-refractivity contribution in [2.75, 3.05) is 0 Å². The van der Waals surface area contributed by atoms with Crippen LogP contribution < -0.4 is 0 Å². The summed E-state index contributed by atoms with van der Waals surface area (Å²) in [5.41, 5.74) is 0.711. The zero-order valence-electron chi connectivity index (χ0n) is 11.3. The van der Waals surface area contributed by atoms with Gasteiger partial charge in [-0.1, -0.05) is 24.3 Å². The molecule has 0 atom stereocenters. The zero-order valence-corrected chi connectivity index (χ0v) is 12.1. The SMILES string of the molecule is N#Cc1ccc(-[s+]2c3ccccc3c3ccccc32)cc1. The van der Waals surface area contributed by atoms with E-state index < -0.39 is 0 Å². The van der Waals surface area contributed by atoms with Crippen LogP contribution in [0.15, 0.2) is 72.8 Å². The van der Waals surface area contributed by atoms with Gasteiger partial charge in [-0.15, -0.1) is 0 Å². The van der Waals surface area contributed by atoms with Crippen molar-refractivity contribution in [2.45, 2.75) is 0 Å². The molecule has 3 aromatic carbocycles. The highest BCUT2D eigenvalue weighted by Gasteiger charge is 2.22. The van der Waals surface area contributed by atoms with E-state index in [1.807, 2.05) is 12.1 Å². The van der Waals surface area contributed by atoms with Crippen LogP contribution >= 0.6 is 10.5 Å². The fourth-order valence-corrected chi connectivity index (χ4v) is 5.15. The third-order valence-electron chi connectivity index (χ3n) is 3.72. The van der Waals surface area contributed by atoms with Crippen LogP contribution in [0.2, 0.25) is 0 Å². The van der Waals surface area contributed by atoms with Gasteiger partial charge in [0.05, 0.1) is 11.6 Å². The molecule has 0 saturated heterocycles. The first-order valence-corrected chi connectivity index (χ1v) is 8.04. The second-order valence-electron chi connectivity index (χ2n) is 4.93. The Bertz CT molecular complexity index is 934. The second kappa shape index (κ2) is 4.73. The lowest BCUT2D eigenvalue weighted by Crippen LogP contribution is -1.74. The van der Waals surface area contributed by atoms with Gasteiger partial charge in [0.2, 0.25) is 0 Å². The molecular formula is C19H12NS+. The van der Waals surface area contributed by atoms with Gasteiger partial charge in [0, 0.05) is 21.2 Å². The largest absolute Gasteiger partial charge is 0.192 e. The van der Waals surface area contributed by atoms with Crippen LogP contribution in [0, 0.1) is 11.3 Å². The number of hydrogen-bond donors (Lipinski definition) is 0. The Morgan fingerprint density at radius 1 is 0.667 bits per heavy atom. The molecule has 21 heavy (non-hydrogen) atoms. The van der Waals surface area contributed by atoms with Crippen molar-refractivity contribution in [1.29, 1.82) is 5.26 Å². The molecule has 1 nitrogen and oxygen atoms in total. The Morgan fingerprint density at radius 3 is 1.71 bits per heavy atom. The molecule has 1 heterocycles. The summed E-state index contributed by atoms with van der Waals surface area (Å²) in [5.74, 6) is 0. The molecule has 4 rings (SSSR count). The van der Waals surface area contributed by atoms with Crippen molar-refractivity contribution in [3.63, 3.8) is 0 Å². The average Bonchev–Trinajstić information content (AvgIpc) is 2.90. The minimum atomic E-state index is -0.0602. The fourth-order valence-electron chi connectivity index (χ4n) is 2.77. The summed E-state index contributed by atoms with van der Waals surface area (Å²) in [7, 11) is -0.0602. The lowest BCUT2D eigenvalue weighted by molar-refractivity contribution is 1.49. The molecule has 0 saturated carbocycles. The maximum Gasteiger partial charge on any atom is 0.187 e. The van der Waals surface area contributed by atoms with Crippen molar-refractivity contribution >= 4 is 30.6 Å². The standard InChI is InChI=1S/C19H12NS/c20-13-14-9-11-15(12-10-14)21-18-7-3-1-5-16(18)17-6-2-4-8-19(17)21/h1-12H/q+1. The minimum absolute atomic E-state index is 0.0602. The van der Waals surface area contributed by atoms with Crippen LogP contribution in [0.25, 0.3) is 25.1 Å². The van der Waals surface area contributed by atoms with E-state index in [-0.39, 0.29) is 10.5 Å². The van der Waals surface area contributed by atoms with E-state index in [4.69, 9.17) is 5.26 Å². The molecule has 0 aliphatic carbocycles. The predicted molar refractivity (Wildman–Crippen MR) is 90.0 cm³/mol. The number of nitrogens with zero attached hydrogens (tertiary/aromatic N) is 1. The van der Waals surface area contributed by atoms with E-state index in [0.717, 1.165) is 0 Å². The van der Waals surface area contributed by atoms with Crippen molar-refractivity contribution in [3.8, 4) is 11.0 Å².